The van der Waals surface area contributed by atoms with Crippen molar-refractivity contribution in [3.63, 3.8) is 0 Å². The topological polar surface area (TPSA) is 34.5 Å². The number of aliphatic imine (C=N–C) groups is 1. The second-order valence-electron chi connectivity index (χ2n) is 4.49. The van der Waals surface area contributed by atoms with Crippen LogP contribution in [0.4, 0.5) is 0 Å². The van der Waals surface area contributed by atoms with Crippen LogP contribution in [-0.4, -0.2) is 23.0 Å². The van der Waals surface area contributed by atoms with Gasteiger partial charge >= 0.3 is 0 Å². The molecule has 0 saturated heterocycles. The van der Waals surface area contributed by atoms with Gasteiger partial charge in [0.1, 0.15) is 6.10 Å². The van der Waals surface area contributed by atoms with Crippen molar-refractivity contribution in [2.45, 2.75) is 39.8 Å². The molecule has 0 bridgehead atoms. The van der Waals surface area contributed by atoms with Gasteiger partial charge in [-0.15, -0.1) is 0 Å². The van der Waals surface area contributed by atoms with E-state index in [1.807, 2.05) is 39.0 Å². The first-order chi connectivity index (χ1) is 8.06. The van der Waals surface area contributed by atoms with Gasteiger partial charge in [0.05, 0.1) is 6.04 Å². The van der Waals surface area contributed by atoms with Crippen molar-refractivity contribution in [2.24, 2.45) is 4.99 Å². The number of nitrogens with zero attached hydrogens (tertiary/aromatic N) is 2. The molecule has 0 radical (unpaired) electrons. The summed E-state index contributed by atoms with van der Waals surface area (Å²) in [6.07, 6.45) is 4.09. The third-order valence-electron chi connectivity index (χ3n) is 2.99. The second kappa shape index (κ2) is 4.70. The minimum atomic E-state index is 0.173. The zero-order valence-electron chi connectivity index (χ0n) is 10.8. The SMILES string of the molecule is Cc1ccc(/C=C/C2=NC(C)C(C)O2)c(C)n1. The highest BCUT2D eigenvalue weighted by Crippen LogP contribution is 2.15. The van der Waals surface area contributed by atoms with Gasteiger partial charge in [-0.3, -0.25) is 4.98 Å². The van der Waals surface area contributed by atoms with E-state index in [0.29, 0.717) is 5.90 Å². The number of hydrogen-bond donors (Lipinski definition) is 0. The van der Waals surface area contributed by atoms with E-state index >= 15 is 0 Å². The molecule has 2 unspecified atom stereocenters. The van der Waals surface area contributed by atoms with Crippen molar-refractivity contribution in [2.75, 3.05) is 0 Å². The van der Waals surface area contributed by atoms with Crippen LogP contribution in [0.25, 0.3) is 6.08 Å². The number of aryl methyl sites for hydroxylation is 2. The molecule has 0 fully saturated rings. The molecule has 2 rings (SSSR count). The van der Waals surface area contributed by atoms with E-state index in [2.05, 4.69) is 23.0 Å². The van der Waals surface area contributed by atoms with Gasteiger partial charge in [0.15, 0.2) is 0 Å². The van der Waals surface area contributed by atoms with E-state index in [-0.39, 0.29) is 12.1 Å². The Morgan fingerprint density at radius 2 is 1.94 bits per heavy atom. The summed E-state index contributed by atoms with van der Waals surface area (Å²) in [6.45, 7) is 8.10. The van der Waals surface area contributed by atoms with E-state index in [0.717, 1.165) is 17.0 Å². The second-order valence-corrected chi connectivity index (χ2v) is 4.49. The third kappa shape index (κ3) is 2.73. The highest BCUT2D eigenvalue weighted by atomic mass is 16.5. The normalized spacial score (nSPS) is 23.9. The Morgan fingerprint density at radius 3 is 2.53 bits per heavy atom. The molecule has 3 heteroatoms. The Morgan fingerprint density at radius 1 is 1.18 bits per heavy atom. The average molecular weight is 230 g/mol. The molecule has 2 atom stereocenters. The minimum absolute atomic E-state index is 0.173. The zero-order chi connectivity index (χ0) is 12.4. The van der Waals surface area contributed by atoms with Crippen LogP contribution < -0.4 is 0 Å². The fourth-order valence-corrected chi connectivity index (χ4v) is 1.74. The van der Waals surface area contributed by atoms with Crippen LogP contribution in [0.15, 0.2) is 23.2 Å². The molecule has 0 spiro atoms. The predicted molar refractivity (Wildman–Crippen MR) is 70.2 cm³/mol. The van der Waals surface area contributed by atoms with Gasteiger partial charge in [0, 0.05) is 17.5 Å². The molecule has 1 aromatic rings. The van der Waals surface area contributed by atoms with Crippen molar-refractivity contribution in [3.05, 3.63) is 35.2 Å². The van der Waals surface area contributed by atoms with Crippen molar-refractivity contribution < 1.29 is 4.74 Å². The molecule has 0 amide bonds. The Balaban J connectivity index is 2.13. The fraction of sp³-hybridized carbons (Fsp3) is 0.429. The van der Waals surface area contributed by atoms with Crippen LogP contribution in [0.1, 0.15) is 30.8 Å². The van der Waals surface area contributed by atoms with E-state index < -0.39 is 0 Å². The first kappa shape index (κ1) is 11.8. The van der Waals surface area contributed by atoms with Crippen LogP contribution in [0.2, 0.25) is 0 Å². The Bertz CT molecular complexity index is 477. The monoisotopic (exact) mass is 230 g/mol. The van der Waals surface area contributed by atoms with Gasteiger partial charge in [0.25, 0.3) is 0 Å². The maximum absolute atomic E-state index is 5.60. The van der Waals surface area contributed by atoms with Crippen LogP contribution in [0, 0.1) is 13.8 Å². The first-order valence-corrected chi connectivity index (χ1v) is 5.93. The Hall–Kier alpha value is -1.64. The van der Waals surface area contributed by atoms with Gasteiger partial charge in [-0.1, -0.05) is 6.07 Å². The summed E-state index contributed by atoms with van der Waals surface area (Å²) >= 11 is 0. The molecule has 0 N–H and O–H groups in total. The maximum atomic E-state index is 5.60. The molecule has 3 nitrogen and oxygen atoms in total. The summed E-state index contributed by atoms with van der Waals surface area (Å²) in [4.78, 5) is 8.84. The Labute approximate surface area is 102 Å². The van der Waals surface area contributed by atoms with Crippen LogP contribution in [0.3, 0.4) is 0 Å². The number of hydrogen-bond acceptors (Lipinski definition) is 3. The molecule has 1 aromatic heterocycles. The van der Waals surface area contributed by atoms with Gasteiger partial charge in [0.2, 0.25) is 5.90 Å². The van der Waals surface area contributed by atoms with Crippen molar-refractivity contribution >= 4 is 12.0 Å². The van der Waals surface area contributed by atoms with Crippen molar-refractivity contribution in [1.82, 2.24) is 4.98 Å². The zero-order valence-corrected chi connectivity index (χ0v) is 10.8. The van der Waals surface area contributed by atoms with Gasteiger partial charge < -0.3 is 4.74 Å². The smallest absolute Gasteiger partial charge is 0.209 e. The molecule has 0 saturated carbocycles. The molecule has 0 aliphatic carbocycles. The fourth-order valence-electron chi connectivity index (χ4n) is 1.74. The van der Waals surface area contributed by atoms with Crippen LogP contribution in [0.5, 0.6) is 0 Å². The average Bonchev–Trinajstić information content (AvgIpc) is 2.57. The van der Waals surface area contributed by atoms with Crippen LogP contribution >= 0.6 is 0 Å². The molecule has 1 aliphatic rings. The lowest BCUT2D eigenvalue weighted by Crippen LogP contribution is -2.14. The molecule has 0 aromatic carbocycles. The van der Waals surface area contributed by atoms with Crippen molar-refractivity contribution in [1.29, 1.82) is 0 Å². The molecule has 90 valence electrons. The highest BCUT2D eigenvalue weighted by Gasteiger charge is 2.20. The van der Waals surface area contributed by atoms with Gasteiger partial charge in [-0.25, -0.2) is 4.99 Å². The molecular formula is C14H18N2O. The first-order valence-electron chi connectivity index (χ1n) is 5.93. The van der Waals surface area contributed by atoms with E-state index in [1.165, 1.54) is 0 Å². The summed E-state index contributed by atoms with van der Waals surface area (Å²) in [6, 6.07) is 4.32. The van der Waals surface area contributed by atoms with E-state index in [1.54, 1.807) is 0 Å². The maximum Gasteiger partial charge on any atom is 0.209 e. The summed E-state index contributed by atoms with van der Waals surface area (Å²) in [7, 11) is 0. The van der Waals surface area contributed by atoms with Crippen molar-refractivity contribution in [3.8, 4) is 0 Å². The lowest BCUT2D eigenvalue weighted by Gasteiger charge is -2.05. The molecule has 2 heterocycles. The number of ether oxygens (including phenoxy) is 1. The predicted octanol–water partition coefficient (Wildman–Crippen LogP) is 2.92. The quantitative estimate of drug-likeness (QED) is 0.783. The van der Waals surface area contributed by atoms with E-state index in [9.17, 15) is 0 Å². The number of pyridine rings is 1. The lowest BCUT2D eigenvalue weighted by molar-refractivity contribution is 0.220. The molecule has 1 aliphatic heterocycles. The lowest BCUT2D eigenvalue weighted by atomic mass is 10.2. The van der Waals surface area contributed by atoms with Gasteiger partial charge in [-0.2, -0.15) is 0 Å². The Kier molecular flexibility index (Phi) is 3.27. The standard InChI is InChI=1S/C14H18N2O/c1-9-5-6-13(11(3)15-9)7-8-14-16-10(2)12(4)17-14/h5-8,10,12H,1-4H3/b8-7+. The largest absolute Gasteiger partial charge is 0.473 e. The summed E-state index contributed by atoms with van der Waals surface area (Å²) in [5, 5.41) is 0. The van der Waals surface area contributed by atoms with Gasteiger partial charge in [-0.05, 0) is 45.4 Å². The summed E-state index contributed by atoms with van der Waals surface area (Å²) in [5.74, 6) is 0.713. The third-order valence-corrected chi connectivity index (χ3v) is 2.99. The van der Waals surface area contributed by atoms with E-state index in [4.69, 9.17) is 4.74 Å². The molecule has 17 heavy (non-hydrogen) atoms. The summed E-state index contributed by atoms with van der Waals surface area (Å²) in [5.41, 5.74) is 3.17. The summed E-state index contributed by atoms with van der Waals surface area (Å²) < 4.78 is 5.60. The minimum Gasteiger partial charge on any atom is -0.473 e. The number of rotatable bonds is 2. The highest BCUT2D eigenvalue weighted by molar-refractivity contribution is 5.93. The molecular weight excluding hydrogens is 212 g/mol. The number of aromatic nitrogens is 1. The van der Waals surface area contributed by atoms with Crippen LogP contribution in [-0.2, 0) is 4.74 Å².